The zero-order valence-corrected chi connectivity index (χ0v) is 9.11. The van der Waals surface area contributed by atoms with Crippen molar-refractivity contribution in [1.82, 2.24) is 4.90 Å². The predicted octanol–water partition coefficient (Wildman–Crippen LogP) is 0.959. The summed E-state index contributed by atoms with van der Waals surface area (Å²) >= 11 is 0. The quantitative estimate of drug-likeness (QED) is 0.804. The fraction of sp³-hybridized carbons (Fsp3) is 0.636. The number of nitrogens with two attached hydrogens (primary N) is 1. The molecule has 1 aromatic heterocycles. The standard InChI is InChI=1S/C11H18N2O2/c1-14-10-2-4-13(7-10)8-11-9(6-12)3-5-15-11/h3,5,10H,2,4,6-8,12H2,1H3. The second kappa shape index (κ2) is 4.79. The lowest BCUT2D eigenvalue weighted by Gasteiger charge is -2.14. The Labute approximate surface area is 90.0 Å². The van der Waals surface area contributed by atoms with E-state index in [4.69, 9.17) is 14.9 Å². The topological polar surface area (TPSA) is 51.6 Å². The fourth-order valence-corrected chi connectivity index (χ4v) is 2.02. The second-order valence-corrected chi connectivity index (χ2v) is 3.95. The minimum absolute atomic E-state index is 0.376. The van der Waals surface area contributed by atoms with Crippen LogP contribution in [0, 0.1) is 0 Å². The molecule has 1 aromatic rings. The molecule has 1 unspecified atom stereocenters. The summed E-state index contributed by atoms with van der Waals surface area (Å²) in [6.07, 6.45) is 3.19. The van der Waals surface area contributed by atoms with Gasteiger partial charge in [0.15, 0.2) is 0 Å². The summed E-state index contributed by atoms with van der Waals surface area (Å²) in [6.45, 7) is 3.46. The van der Waals surface area contributed by atoms with E-state index >= 15 is 0 Å². The highest BCUT2D eigenvalue weighted by atomic mass is 16.5. The van der Waals surface area contributed by atoms with E-state index in [1.54, 1.807) is 13.4 Å². The van der Waals surface area contributed by atoms with Crippen molar-refractivity contribution >= 4 is 0 Å². The molecule has 2 rings (SSSR count). The Hall–Kier alpha value is -0.840. The predicted molar refractivity (Wildman–Crippen MR) is 57.3 cm³/mol. The van der Waals surface area contributed by atoms with Crippen molar-refractivity contribution in [2.75, 3.05) is 20.2 Å². The van der Waals surface area contributed by atoms with Crippen molar-refractivity contribution in [1.29, 1.82) is 0 Å². The van der Waals surface area contributed by atoms with Gasteiger partial charge < -0.3 is 14.9 Å². The van der Waals surface area contributed by atoms with Crippen molar-refractivity contribution in [3.05, 3.63) is 23.7 Å². The SMILES string of the molecule is COC1CCN(Cc2occc2CN)C1. The average Bonchev–Trinajstić information content (AvgIpc) is 2.87. The van der Waals surface area contributed by atoms with Crippen LogP contribution in [-0.4, -0.2) is 31.2 Å². The highest BCUT2D eigenvalue weighted by Gasteiger charge is 2.23. The summed E-state index contributed by atoms with van der Waals surface area (Å²) in [5.74, 6) is 0.995. The molecule has 1 aliphatic rings. The summed E-state index contributed by atoms with van der Waals surface area (Å²) < 4.78 is 10.7. The van der Waals surface area contributed by atoms with Gasteiger partial charge in [-0.3, -0.25) is 4.90 Å². The van der Waals surface area contributed by atoms with E-state index < -0.39 is 0 Å². The maximum atomic E-state index is 5.62. The van der Waals surface area contributed by atoms with Crippen molar-refractivity contribution in [3.63, 3.8) is 0 Å². The van der Waals surface area contributed by atoms with Gasteiger partial charge in [0.2, 0.25) is 0 Å². The lowest BCUT2D eigenvalue weighted by molar-refractivity contribution is 0.106. The van der Waals surface area contributed by atoms with Crippen molar-refractivity contribution in [2.24, 2.45) is 5.73 Å². The number of nitrogens with zero attached hydrogens (tertiary/aromatic N) is 1. The summed E-state index contributed by atoms with van der Waals surface area (Å²) in [5, 5.41) is 0. The molecule has 2 N–H and O–H groups in total. The van der Waals surface area contributed by atoms with Gasteiger partial charge in [-0.2, -0.15) is 0 Å². The molecule has 0 amide bonds. The number of methoxy groups -OCH3 is 1. The average molecular weight is 210 g/mol. The van der Waals surface area contributed by atoms with Crippen LogP contribution < -0.4 is 5.73 Å². The molecule has 0 radical (unpaired) electrons. The molecule has 4 nitrogen and oxygen atoms in total. The molecule has 1 fully saturated rings. The molecule has 15 heavy (non-hydrogen) atoms. The molecular weight excluding hydrogens is 192 g/mol. The lowest BCUT2D eigenvalue weighted by atomic mass is 10.2. The van der Waals surface area contributed by atoms with E-state index in [-0.39, 0.29) is 0 Å². The van der Waals surface area contributed by atoms with Crippen molar-refractivity contribution in [2.45, 2.75) is 25.6 Å². The van der Waals surface area contributed by atoms with Crippen LogP contribution >= 0.6 is 0 Å². The van der Waals surface area contributed by atoms with Crippen LogP contribution in [0.4, 0.5) is 0 Å². The molecule has 0 aromatic carbocycles. The number of likely N-dealkylation sites (tertiary alicyclic amines) is 1. The van der Waals surface area contributed by atoms with Gasteiger partial charge in [-0.1, -0.05) is 0 Å². The molecule has 4 heteroatoms. The van der Waals surface area contributed by atoms with Crippen molar-refractivity contribution < 1.29 is 9.15 Å². The third-order valence-electron chi connectivity index (χ3n) is 2.99. The van der Waals surface area contributed by atoms with Crippen LogP contribution in [0.5, 0.6) is 0 Å². The summed E-state index contributed by atoms with van der Waals surface area (Å²) in [6, 6.07) is 1.94. The summed E-state index contributed by atoms with van der Waals surface area (Å²) in [7, 11) is 1.77. The van der Waals surface area contributed by atoms with Crippen LogP contribution in [0.2, 0.25) is 0 Å². The molecule has 84 valence electrons. The summed E-state index contributed by atoms with van der Waals surface area (Å²) in [5.41, 5.74) is 6.73. The van der Waals surface area contributed by atoms with Gasteiger partial charge in [-0.15, -0.1) is 0 Å². The minimum atomic E-state index is 0.376. The molecule has 0 aliphatic carbocycles. The number of hydrogen-bond acceptors (Lipinski definition) is 4. The van der Waals surface area contributed by atoms with E-state index in [1.165, 1.54) is 0 Å². The summed E-state index contributed by atoms with van der Waals surface area (Å²) in [4.78, 5) is 2.34. The molecular formula is C11H18N2O2. The van der Waals surface area contributed by atoms with Gasteiger partial charge in [0.25, 0.3) is 0 Å². The Bertz CT molecular complexity index is 311. The molecule has 2 heterocycles. The van der Waals surface area contributed by atoms with Crippen LogP contribution in [-0.2, 0) is 17.8 Å². The molecule has 0 spiro atoms. The number of hydrogen-bond donors (Lipinski definition) is 1. The van der Waals surface area contributed by atoms with E-state index in [1.807, 2.05) is 6.07 Å². The lowest BCUT2D eigenvalue weighted by Crippen LogP contribution is -2.22. The molecule has 1 aliphatic heterocycles. The van der Waals surface area contributed by atoms with E-state index in [2.05, 4.69) is 4.90 Å². The third-order valence-corrected chi connectivity index (χ3v) is 2.99. The number of ether oxygens (including phenoxy) is 1. The van der Waals surface area contributed by atoms with Crippen LogP contribution in [0.1, 0.15) is 17.7 Å². The Balaban J connectivity index is 1.92. The van der Waals surface area contributed by atoms with Crippen LogP contribution in [0.3, 0.4) is 0 Å². The molecule has 0 saturated carbocycles. The Morgan fingerprint density at radius 2 is 2.53 bits per heavy atom. The first-order valence-corrected chi connectivity index (χ1v) is 5.34. The Morgan fingerprint density at radius 3 is 3.20 bits per heavy atom. The van der Waals surface area contributed by atoms with Crippen molar-refractivity contribution in [3.8, 4) is 0 Å². The molecule has 0 bridgehead atoms. The number of rotatable bonds is 4. The highest BCUT2D eigenvalue weighted by Crippen LogP contribution is 2.18. The van der Waals surface area contributed by atoms with Gasteiger partial charge in [-0.05, 0) is 12.5 Å². The monoisotopic (exact) mass is 210 g/mol. The van der Waals surface area contributed by atoms with E-state index in [0.717, 1.165) is 37.4 Å². The Kier molecular flexibility index (Phi) is 3.41. The van der Waals surface area contributed by atoms with Crippen LogP contribution in [0.15, 0.2) is 16.7 Å². The van der Waals surface area contributed by atoms with Gasteiger partial charge in [0.1, 0.15) is 5.76 Å². The molecule has 1 atom stereocenters. The largest absolute Gasteiger partial charge is 0.468 e. The smallest absolute Gasteiger partial charge is 0.122 e. The van der Waals surface area contributed by atoms with Crippen LogP contribution in [0.25, 0.3) is 0 Å². The zero-order valence-electron chi connectivity index (χ0n) is 9.11. The van der Waals surface area contributed by atoms with E-state index in [0.29, 0.717) is 12.6 Å². The maximum Gasteiger partial charge on any atom is 0.122 e. The fourth-order valence-electron chi connectivity index (χ4n) is 2.02. The second-order valence-electron chi connectivity index (χ2n) is 3.95. The van der Waals surface area contributed by atoms with Gasteiger partial charge in [-0.25, -0.2) is 0 Å². The normalized spacial score (nSPS) is 22.4. The van der Waals surface area contributed by atoms with E-state index in [9.17, 15) is 0 Å². The first kappa shape index (κ1) is 10.7. The maximum absolute atomic E-state index is 5.62. The molecule has 1 saturated heterocycles. The van der Waals surface area contributed by atoms with Gasteiger partial charge in [0, 0.05) is 32.3 Å². The highest BCUT2D eigenvalue weighted by molar-refractivity contribution is 5.16. The number of furan rings is 1. The Morgan fingerprint density at radius 1 is 1.67 bits per heavy atom. The van der Waals surface area contributed by atoms with Gasteiger partial charge in [0.05, 0.1) is 18.9 Å². The zero-order chi connectivity index (χ0) is 10.7. The first-order chi connectivity index (χ1) is 7.33. The first-order valence-electron chi connectivity index (χ1n) is 5.34. The van der Waals surface area contributed by atoms with Gasteiger partial charge >= 0.3 is 0 Å². The third kappa shape index (κ3) is 2.40. The minimum Gasteiger partial charge on any atom is -0.468 e.